The van der Waals surface area contributed by atoms with Crippen LogP contribution in [0.3, 0.4) is 0 Å². The molecule has 6 rings (SSSR count). The Kier molecular flexibility index (Phi) is 5.54. The van der Waals surface area contributed by atoms with Gasteiger partial charge in [0.05, 0.1) is 19.3 Å². The molecule has 5 aromatic carbocycles. The van der Waals surface area contributed by atoms with E-state index in [1.165, 1.54) is 43.6 Å². The van der Waals surface area contributed by atoms with Crippen LogP contribution in [-0.4, -0.2) is 13.1 Å². The van der Waals surface area contributed by atoms with Gasteiger partial charge in [-0.2, -0.15) is 0 Å². The molecule has 0 aliphatic carbocycles. The molecule has 36 heavy (non-hydrogen) atoms. The van der Waals surface area contributed by atoms with Crippen LogP contribution in [0.2, 0.25) is 19.6 Å². The van der Waals surface area contributed by atoms with E-state index in [0.717, 1.165) is 16.8 Å². The van der Waals surface area contributed by atoms with Crippen LogP contribution in [0.25, 0.3) is 55.2 Å². The predicted molar refractivity (Wildman–Crippen MR) is 159 cm³/mol. The highest BCUT2D eigenvalue weighted by atomic mass is 28.3. The minimum absolute atomic E-state index is 1.01. The van der Waals surface area contributed by atoms with Crippen LogP contribution in [0.1, 0.15) is 0 Å². The lowest BCUT2D eigenvalue weighted by Gasteiger charge is -2.17. The van der Waals surface area contributed by atoms with E-state index in [2.05, 4.69) is 135 Å². The summed E-state index contributed by atoms with van der Waals surface area (Å²) in [6.07, 6.45) is 0. The zero-order valence-electron chi connectivity index (χ0n) is 21.0. The third-order valence-electron chi connectivity index (χ3n) is 7.01. The lowest BCUT2D eigenvalue weighted by Crippen LogP contribution is -2.37. The van der Waals surface area contributed by atoms with E-state index in [9.17, 15) is 0 Å². The summed E-state index contributed by atoms with van der Waals surface area (Å²) in [6.45, 7) is 7.20. The summed E-state index contributed by atoms with van der Waals surface area (Å²) in [5, 5.41) is 5.13. The number of fused-ring (bicyclic) bond motifs is 2. The molecule has 0 aliphatic heterocycles. The van der Waals surface area contributed by atoms with E-state index in [1.807, 2.05) is 6.07 Å². The van der Waals surface area contributed by atoms with Crippen molar-refractivity contribution in [3.63, 3.8) is 0 Å². The molecule has 0 fully saturated rings. The summed E-state index contributed by atoms with van der Waals surface area (Å²) in [4.78, 5) is 4.87. The fourth-order valence-electron chi connectivity index (χ4n) is 4.83. The van der Waals surface area contributed by atoms with Gasteiger partial charge in [0.15, 0.2) is 0 Å². The topological polar surface area (TPSA) is 12.9 Å². The Morgan fingerprint density at radius 2 is 1.03 bits per heavy atom. The number of para-hydroxylation sites is 1. The monoisotopic (exact) mass is 479 g/mol. The predicted octanol–water partition coefficient (Wildman–Crippen LogP) is 8.93. The van der Waals surface area contributed by atoms with Crippen LogP contribution in [0.5, 0.6) is 0 Å². The van der Waals surface area contributed by atoms with Crippen molar-refractivity contribution in [2.24, 2.45) is 0 Å². The first-order chi connectivity index (χ1) is 17.4. The number of hydrogen-bond donors (Lipinski definition) is 0. The van der Waals surface area contributed by atoms with Gasteiger partial charge in [0.1, 0.15) is 0 Å². The van der Waals surface area contributed by atoms with Crippen LogP contribution in [0, 0.1) is 0 Å². The number of aromatic nitrogens is 1. The number of benzene rings is 5. The van der Waals surface area contributed by atoms with Gasteiger partial charge in [0.25, 0.3) is 0 Å². The Bertz CT molecular complexity index is 1710. The van der Waals surface area contributed by atoms with Crippen molar-refractivity contribution in [2.75, 3.05) is 0 Å². The maximum Gasteiger partial charge on any atom is 0.0776 e. The van der Waals surface area contributed by atoms with Gasteiger partial charge in [0, 0.05) is 10.9 Å². The van der Waals surface area contributed by atoms with Crippen molar-refractivity contribution >= 4 is 34.9 Å². The normalized spacial score (nSPS) is 11.8. The Balaban J connectivity index is 1.29. The second-order valence-corrected chi connectivity index (χ2v) is 15.7. The molecule has 1 nitrogen and oxygen atoms in total. The van der Waals surface area contributed by atoms with E-state index in [1.54, 1.807) is 0 Å². The summed E-state index contributed by atoms with van der Waals surface area (Å²) < 4.78 is 0. The van der Waals surface area contributed by atoms with E-state index in [0.29, 0.717) is 0 Å². The molecule has 0 saturated heterocycles. The number of nitrogens with zero attached hydrogens (tertiary/aromatic N) is 1. The zero-order valence-corrected chi connectivity index (χ0v) is 22.0. The molecule has 174 valence electrons. The molecule has 1 aromatic heterocycles. The summed E-state index contributed by atoms with van der Waals surface area (Å²) in [5.74, 6) is 0. The van der Waals surface area contributed by atoms with Gasteiger partial charge in [-0.3, -0.25) is 0 Å². The van der Waals surface area contributed by atoms with Gasteiger partial charge in [-0.1, -0.05) is 122 Å². The van der Waals surface area contributed by atoms with Crippen molar-refractivity contribution in [2.45, 2.75) is 19.6 Å². The van der Waals surface area contributed by atoms with Crippen LogP contribution in [0.4, 0.5) is 0 Å². The van der Waals surface area contributed by atoms with Crippen molar-refractivity contribution in [1.29, 1.82) is 0 Å². The minimum Gasteiger partial charge on any atom is -0.248 e. The maximum atomic E-state index is 4.87. The second-order valence-electron chi connectivity index (χ2n) is 10.6. The van der Waals surface area contributed by atoms with E-state index >= 15 is 0 Å². The smallest absolute Gasteiger partial charge is 0.0776 e. The Morgan fingerprint density at radius 3 is 1.75 bits per heavy atom. The zero-order chi connectivity index (χ0) is 24.7. The Morgan fingerprint density at radius 1 is 0.444 bits per heavy atom. The fraction of sp³-hybridized carbons (Fsp3) is 0.0882. The van der Waals surface area contributed by atoms with Crippen LogP contribution < -0.4 is 5.19 Å². The van der Waals surface area contributed by atoms with Gasteiger partial charge >= 0.3 is 0 Å². The molecular weight excluding hydrogens is 450 g/mol. The average molecular weight is 480 g/mol. The van der Waals surface area contributed by atoms with Crippen molar-refractivity contribution in [1.82, 2.24) is 4.98 Å². The van der Waals surface area contributed by atoms with E-state index in [4.69, 9.17) is 4.98 Å². The van der Waals surface area contributed by atoms with Gasteiger partial charge in [0.2, 0.25) is 0 Å². The van der Waals surface area contributed by atoms with Gasteiger partial charge < -0.3 is 0 Å². The molecule has 2 heteroatoms. The molecule has 1 heterocycles. The Labute approximate surface area is 214 Å². The lowest BCUT2D eigenvalue weighted by molar-refractivity contribution is 1.40. The van der Waals surface area contributed by atoms with E-state index < -0.39 is 8.07 Å². The molecule has 0 bridgehead atoms. The lowest BCUT2D eigenvalue weighted by atomic mass is 9.97. The van der Waals surface area contributed by atoms with E-state index in [-0.39, 0.29) is 0 Å². The number of rotatable bonds is 4. The fourth-order valence-corrected chi connectivity index (χ4v) is 6.02. The first-order valence-electron chi connectivity index (χ1n) is 12.6. The highest BCUT2D eigenvalue weighted by Gasteiger charge is 2.16. The van der Waals surface area contributed by atoms with Gasteiger partial charge in [-0.25, -0.2) is 4.98 Å². The first-order valence-corrected chi connectivity index (χ1v) is 16.1. The molecule has 0 amide bonds. The molecule has 6 aromatic rings. The standard InChI is InChI=1S/C34H29NSi/c1-36(2,3)32-9-6-8-27(23-32)24-11-13-25(14-12-24)28-15-16-30-22-31(18-17-29(30)21-28)34-20-19-26-7-4-5-10-33(26)35-34/h4-23H,1-3H3. The van der Waals surface area contributed by atoms with Crippen molar-refractivity contribution in [3.8, 4) is 33.5 Å². The molecule has 0 radical (unpaired) electrons. The molecule has 0 atom stereocenters. The molecular formula is C34H29NSi. The number of hydrogen-bond acceptors (Lipinski definition) is 1. The minimum atomic E-state index is -1.33. The maximum absolute atomic E-state index is 4.87. The Hall–Kier alpha value is -4.01. The SMILES string of the molecule is C[Si](C)(C)c1cccc(-c2ccc(-c3ccc4cc(-c5ccc6ccccc6n5)ccc4c3)cc2)c1. The molecule has 0 spiro atoms. The summed E-state index contributed by atoms with van der Waals surface area (Å²) in [7, 11) is -1.33. The summed E-state index contributed by atoms with van der Waals surface area (Å²) in [6, 6.07) is 43.9. The molecule has 0 N–H and O–H groups in total. The second kappa shape index (κ2) is 8.89. The first kappa shape index (κ1) is 22.5. The summed E-state index contributed by atoms with van der Waals surface area (Å²) in [5.41, 5.74) is 8.23. The van der Waals surface area contributed by atoms with Crippen molar-refractivity contribution in [3.05, 3.63) is 121 Å². The third kappa shape index (κ3) is 4.36. The van der Waals surface area contributed by atoms with Crippen LogP contribution in [0.15, 0.2) is 121 Å². The van der Waals surface area contributed by atoms with Crippen LogP contribution >= 0.6 is 0 Å². The highest BCUT2D eigenvalue weighted by molar-refractivity contribution is 6.88. The average Bonchev–Trinajstić information content (AvgIpc) is 2.92. The largest absolute Gasteiger partial charge is 0.248 e. The molecule has 0 aliphatic rings. The third-order valence-corrected chi connectivity index (χ3v) is 9.06. The van der Waals surface area contributed by atoms with Crippen LogP contribution in [-0.2, 0) is 0 Å². The van der Waals surface area contributed by atoms with Gasteiger partial charge in [-0.05, 0) is 57.3 Å². The summed E-state index contributed by atoms with van der Waals surface area (Å²) >= 11 is 0. The van der Waals surface area contributed by atoms with Crippen molar-refractivity contribution < 1.29 is 0 Å². The highest BCUT2D eigenvalue weighted by Crippen LogP contribution is 2.30. The van der Waals surface area contributed by atoms with Gasteiger partial charge in [-0.15, -0.1) is 0 Å². The molecule has 0 saturated carbocycles. The molecule has 0 unspecified atom stereocenters. The quantitative estimate of drug-likeness (QED) is 0.230. The number of pyridine rings is 1.